The number of halogens is 1. The van der Waals surface area contributed by atoms with Crippen LogP contribution in [0.1, 0.15) is 25.7 Å². The first kappa shape index (κ1) is 15.0. The molecule has 0 bridgehead atoms. The molecule has 0 aliphatic rings. The SMILES string of the molecule is CCCC(O)Cc1nc(-c2ccc(OC)c(Br)c2)no1. The second-order valence-electron chi connectivity index (χ2n) is 4.51. The van der Waals surface area contributed by atoms with Crippen molar-refractivity contribution in [2.24, 2.45) is 0 Å². The molecule has 1 heterocycles. The number of aliphatic hydroxyl groups is 1. The molecule has 0 aliphatic carbocycles. The third kappa shape index (κ3) is 3.58. The van der Waals surface area contributed by atoms with Gasteiger partial charge < -0.3 is 14.4 Å². The van der Waals surface area contributed by atoms with Crippen LogP contribution in [0.25, 0.3) is 11.4 Å². The van der Waals surface area contributed by atoms with Gasteiger partial charge in [0.1, 0.15) is 5.75 Å². The highest BCUT2D eigenvalue weighted by molar-refractivity contribution is 9.10. The van der Waals surface area contributed by atoms with Gasteiger partial charge in [-0.2, -0.15) is 4.98 Å². The summed E-state index contributed by atoms with van der Waals surface area (Å²) in [5, 5.41) is 13.7. The number of nitrogens with zero attached hydrogens (tertiary/aromatic N) is 2. The summed E-state index contributed by atoms with van der Waals surface area (Å²) in [6, 6.07) is 5.57. The van der Waals surface area contributed by atoms with Gasteiger partial charge in [0.05, 0.1) is 24.1 Å². The van der Waals surface area contributed by atoms with Crippen LogP contribution >= 0.6 is 15.9 Å². The molecule has 5 nitrogen and oxygen atoms in total. The highest BCUT2D eigenvalue weighted by Gasteiger charge is 2.13. The number of benzene rings is 1. The summed E-state index contributed by atoms with van der Waals surface area (Å²) in [7, 11) is 1.61. The third-order valence-electron chi connectivity index (χ3n) is 2.91. The van der Waals surface area contributed by atoms with Gasteiger partial charge in [-0.1, -0.05) is 18.5 Å². The van der Waals surface area contributed by atoms with Crippen LogP contribution in [0.3, 0.4) is 0 Å². The van der Waals surface area contributed by atoms with E-state index in [4.69, 9.17) is 9.26 Å². The van der Waals surface area contributed by atoms with E-state index in [2.05, 4.69) is 26.1 Å². The monoisotopic (exact) mass is 340 g/mol. The Labute approximate surface area is 126 Å². The molecule has 1 aromatic carbocycles. The Hall–Kier alpha value is -1.40. The highest BCUT2D eigenvalue weighted by atomic mass is 79.9. The standard InChI is InChI=1S/C14H17BrN2O3/c1-3-4-10(18)8-13-16-14(17-20-13)9-5-6-12(19-2)11(15)7-9/h5-7,10,18H,3-4,8H2,1-2H3. The molecule has 20 heavy (non-hydrogen) atoms. The van der Waals surface area contributed by atoms with Crippen LogP contribution in [0.2, 0.25) is 0 Å². The van der Waals surface area contributed by atoms with Gasteiger partial charge in [-0.05, 0) is 40.5 Å². The van der Waals surface area contributed by atoms with Crippen molar-refractivity contribution in [1.82, 2.24) is 10.1 Å². The van der Waals surface area contributed by atoms with E-state index >= 15 is 0 Å². The largest absolute Gasteiger partial charge is 0.496 e. The van der Waals surface area contributed by atoms with Crippen LogP contribution in [0.5, 0.6) is 5.75 Å². The molecular formula is C14H17BrN2O3. The van der Waals surface area contributed by atoms with E-state index in [-0.39, 0.29) is 0 Å². The molecule has 0 aliphatic heterocycles. The molecule has 1 atom stereocenters. The number of hydrogen-bond donors (Lipinski definition) is 1. The molecule has 1 aromatic heterocycles. The predicted molar refractivity (Wildman–Crippen MR) is 78.6 cm³/mol. The number of aromatic nitrogens is 2. The lowest BCUT2D eigenvalue weighted by Crippen LogP contribution is -2.09. The van der Waals surface area contributed by atoms with Crippen molar-refractivity contribution in [3.63, 3.8) is 0 Å². The minimum Gasteiger partial charge on any atom is -0.496 e. The van der Waals surface area contributed by atoms with Gasteiger partial charge in [0, 0.05) is 5.56 Å². The molecule has 0 radical (unpaired) electrons. The Morgan fingerprint density at radius 2 is 2.25 bits per heavy atom. The molecule has 0 saturated carbocycles. The lowest BCUT2D eigenvalue weighted by Gasteiger charge is -2.04. The molecule has 0 spiro atoms. The van der Waals surface area contributed by atoms with E-state index < -0.39 is 6.10 Å². The maximum absolute atomic E-state index is 9.74. The Morgan fingerprint density at radius 1 is 1.45 bits per heavy atom. The summed E-state index contributed by atoms with van der Waals surface area (Å²) < 4.78 is 11.2. The van der Waals surface area contributed by atoms with Gasteiger partial charge in [0.2, 0.25) is 11.7 Å². The number of hydrogen-bond acceptors (Lipinski definition) is 5. The van der Waals surface area contributed by atoms with Crippen molar-refractivity contribution in [2.45, 2.75) is 32.3 Å². The average Bonchev–Trinajstić information content (AvgIpc) is 2.87. The van der Waals surface area contributed by atoms with Crippen molar-refractivity contribution in [3.8, 4) is 17.1 Å². The van der Waals surface area contributed by atoms with E-state index in [1.54, 1.807) is 7.11 Å². The van der Waals surface area contributed by atoms with E-state index in [0.717, 1.165) is 28.6 Å². The average molecular weight is 341 g/mol. The van der Waals surface area contributed by atoms with Crippen molar-refractivity contribution in [1.29, 1.82) is 0 Å². The summed E-state index contributed by atoms with van der Waals surface area (Å²) in [6.45, 7) is 2.03. The molecule has 2 rings (SSSR count). The van der Waals surface area contributed by atoms with Crippen molar-refractivity contribution in [3.05, 3.63) is 28.6 Å². The number of rotatable bonds is 6. The number of ether oxygens (including phenoxy) is 1. The van der Waals surface area contributed by atoms with Crippen LogP contribution in [0, 0.1) is 0 Å². The molecular weight excluding hydrogens is 324 g/mol. The Kier molecular flexibility index (Phi) is 5.14. The second kappa shape index (κ2) is 6.85. The smallest absolute Gasteiger partial charge is 0.229 e. The van der Waals surface area contributed by atoms with Gasteiger partial charge >= 0.3 is 0 Å². The summed E-state index contributed by atoms with van der Waals surface area (Å²) in [5.74, 6) is 1.70. The van der Waals surface area contributed by atoms with E-state index in [0.29, 0.717) is 18.1 Å². The normalized spacial score (nSPS) is 12.4. The van der Waals surface area contributed by atoms with Crippen LogP contribution in [0.15, 0.2) is 27.2 Å². The summed E-state index contributed by atoms with van der Waals surface area (Å²) >= 11 is 3.42. The van der Waals surface area contributed by atoms with Crippen molar-refractivity contribution in [2.75, 3.05) is 7.11 Å². The van der Waals surface area contributed by atoms with Gasteiger partial charge in [-0.15, -0.1) is 0 Å². The fraction of sp³-hybridized carbons (Fsp3) is 0.429. The zero-order valence-corrected chi connectivity index (χ0v) is 13.1. The van der Waals surface area contributed by atoms with Crippen LogP contribution in [-0.4, -0.2) is 28.5 Å². The molecule has 0 saturated heterocycles. The zero-order chi connectivity index (χ0) is 14.5. The molecule has 108 valence electrons. The highest BCUT2D eigenvalue weighted by Crippen LogP contribution is 2.29. The fourth-order valence-electron chi connectivity index (χ4n) is 1.90. The first-order valence-corrected chi connectivity index (χ1v) is 7.28. The molecule has 1 N–H and O–H groups in total. The summed E-state index contributed by atoms with van der Waals surface area (Å²) in [5.41, 5.74) is 0.831. The molecule has 1 unspecified atom stereocenters. The van der Waals surface area contributed by atoms with Crippen LogP contribution in [0.4, 0.5) is 0 Å². The molecule has 6 heteroatoms. The quantitative estimate of drug-likeness (QED) is 0.874. The lowest BCUT2D eigenvalue weighted by atomic mass is 10.1. The van der Waals surface area contributed by atoms with Gasteiger partial charge in [-0.25, -0.2) is 0 Å². The number of methoxy groups -OCH3 is 1. The molecule has 0 amide bonds. The van der Waals surface area contributed by atoms with Gasteiger partial charge in [0.25, 0.3) is 0 Å². The van der Waals surface area contributed by atoms with Gasteiger partial charge in [-0.3, -0.25) is 0 Å². The first-order valence-electron chi connectivity index (χ1n) is 6.48. The Morgan fingerprint density at radius 3 is 2.90 bits per heavy atom. The van der Waals surface area contributed by atoms with Crippen LogP contribution < -0.4 is 4.74 Å². The van der Waals surface area contributed by atoms with Crippen LogP contribution in [-0.2, 0) is 6.42 Å². The summed E-state index contributed by atoms with van der Waals surface area (Å²) in [6.07, 6.45) is 1.60. The Balaban J connectivity index is 2.14. The van der Waals surface area contributed by atoms with Gasteiger partial charge in [0.15, 0.2) is 0 Å². The van der Waals surface area contributed by atoms with E-state index in [9.17, 15) is 5.11 Å². The maximum Gasteiger partial charge on any atom is 0.229 e. The lowest BCUT2D eigenvalue weighted by molar-refractivity contribution is 0.152. The maximum atomic E-state index is 9.74. The Bertz CT molecular complexity index is 571. The second-order valence-corrected chi connectivity index (χ2v) is 5.36. The third-order valence-corrected chi connectivity index (χ3v) is 3.53. The first-order chi connectivity index (χ1) is 9.63. The van der Waals surface area contributed by atoms with E-state index in [1.807, 2.05) is 25.1 Å². The predicted octanol–water partition coefficient (Wildman–Crippen LogP) is 3.21. The minimum absolute atomic E-state index is 0.387. The van der Waals surface area contributed by atoms with Crippen molar-refractivity contribution < 1.29 is 14.4 Å². The molecule has 2 aromatic rings. The molecule has 0 fully saturated rings. The van der Waals surface area contributed by atoms with E-state index in [1.165, 1.54) is 0 Å². The minimum atomic E-state index is -0.434. The zero-order valence-electron chi connectivity index (χ0n) is 11.5. The summed E-state index contributed by atoms with van der Waals surface area (Å²) in [4.78, 5) is 4.30. The fourth-order valence-corrected chi connectivity index (χ4v) is 2.44. The topological polar surface area (TPSA) is 68.4 Å². The van der Waals surface area contributed by atoms with Crippen molar-refractivity contribution >= 4 is 15.9 Å². The number of aliphatic hydroxyl groups excluding tert-OH is 1.